The van der Waals surface area contributed by atoms with Crippen LogP contribution in [0.1, 0.15) is 6.42 Å². The molecule has 1 aromatic heterocycles. The molecule has 0 N–H and O–H groups in total. The minimum Gasteiger partial charge on any atom is -0.368 e. The summed E-state index contributed by atoms with van der Waals surface area (Å²) in [6.07, 6.45) is 4.40. The van der Waals surface area contributed by atoms with E-state index in [9.17, 15) is 10.1 Å². The van der Waals surface area contributed by atoms with Crippen LogP contribution in [0, 0.1) is 10.1 Å². The lowest BCUT2D eigenvalue weighted by molar-refractivity contribution is -0.384. The maximum absolute atomic E-state index is 10.8. The first-order valence-corrected chi connectivity index (χ1v) is 7.74. The molecule has 0 aliphatic carbocycles. The van der Waals surface area contributed by atoms with Gasteiger partial charge in [-0.15, -0.1) is 0 Å². The van der Waals surface area contributed by atoms with Gasteiger partial charge < -0.3 is 9.80 Å². The molecule has 0 radical (unpaired) electrons. The highest BCUT2D eigenvalue weighted by atomic mass is 35.5. The van der Waals surface area contributed by atoms with Gasteiger partial charge in [-0.05, 0) is 18.6 Å². The molecule has 8 heteroatoms. The van der Waals surface area contributed by atoms with Crippen molar-refractivity contribution in [2.75, 3.05) is 36.0 Å². The Morgan fingerprint density at radius 2 is 1.78 bits per heavy atom. The van der Waals surface area contributed by atoms with Crippen LogP contribution in [0.5, 0.6) is 0 Å². The summed E-state index contributed by atoms with van der Waals surface area (Å²) in [7, 11) is 0. The molecule has 2 aromatic rings. The Bertz CT molecular complexity index is 698. The third-order valence-electron chi connectivity index (χ3n) is 3.81. The first kappa shape index (κ1) is 15.5. The number of nitro benzene ring substituents is 1. The Labute approximate surface area is 138 Å². The summed E-state index contributed by atoms with van der Waals surface area (Å²) >= 11 is 6.23. The van der Waals surface area contributed by atoms with E-state index in [-0.39, 0.29) is 5.69 Å². The molecule has 0 atom stereocenters. The van der Waals surface area contributed by atoms with Crippen LogP contribution in [-0.2, 0) is 0 Å². The molecule has 0 bridgehead atoms. The van der Waals surface area contributed by atoms with Gasteiger partial charge in [0, 0.05) is 50.7 Å². The molecule has 1 aromatic carbocycles. The molecule has 7 nitrogen and oxygen atoms in total. The van der Waals surface area contributed by atoms with Crippen LogP contribution in [-0.4, -0.2) is 41.1 Å². The van der Waals surface area contributed by atoms with E-state index in [2.05, 4.69) is 19.8 Å². The number of hydrogen-bond donors (Lipinski definition) is 0. The SMILES string of the molecule is O=[N+]([O-])c1ccc(N2CCCN(c3ncccn3)CC2)c(Cl)c1. The zero-order valence-electron chi connectivity index (χ0n) is 12.4. The predicted molar refractivity (Wildman–Crippen MR) is 89.2 cm³/mol. The molecule has 120 valence electrons. The lowest BCUT2D eigenvalue weighted by atomic mass is 10.2. The number of hydrogen-bond acceptors (Lipinski definition) is 6. The summed E-state index contributed by atoms with van der Waals surface area (Å²) in [4.78, 5) is 23.2. The van der Waals surface area contributed by atoms with E-state index in [0.717, 1.165) is 44.2 Å². The van der Waals surface area contributed by atoms with Crippen LogP contribution in [0.25, 0.3) is 0 Å². The molecule has 1 saturated heterocycles. The maximum atomic E-state index is 10.8. The number of halogens is 1. The Hall–Kier alpha value is -2.41. The Morgan fingerprint density at radius 1 is 1.09 bits per heavy atom. The smallest absolute Gasteiger partial charge is 0.271 e. The third-order valence-corrected chi connectivity index (χ3v) is 4.12. The Kier molecular flexibility index (Phi) is 4.57. The molecule has 1 fully saturated rings. The van der Waals surface area contributed by atoms with Gasteiger partial charge in [0.05, 0.1) is 15.6 Å². The van der Waals surface area contributed by atoms with Crippen molar-refractivity contribution in [3.8, 4) is 0 Å². The zero-order valence-corrected chi connectivity index (χ0v) is 13.2. The maximum Gasteiger partial charge on any atom is 0.271 e. The fourth-order valence-corrected chi connectivity index (χ4v) is 2.97. The second-order valence-corrected chi connectivity index (χ2v) is 5.68. The molecule has 0 spiro atoms. The molecule has 3 rings (SSSR count). The monoisotopic (exact) mass is 333 g/mol. The van der Waals surface area contributed by atoms with E-state index in [4.69, 9.17) is 11.6 Å². The average Bonchev–Trinajstić information content (AvgIpc) is 2.81. The van der Waals surface area contributed by atoms with Crippen LogP contribution < -0.4 is 9.80 Å². The average molecular weight is 334 g/mol. The van der Waals surface area contributed by atoms with E-state index in [1.54, 1.807) is 24.5 Å². The first-order valence-electron chi connectivity index (χ1n) is 7.36. The third kappa shape index (κ3) is 3.50. The number of anilines is 2. The second kappa shape index (κ2) is 6.78. The number of aromatic nitrogens is 2. The van der Waals surface area contributed by atoms with Gasteiger partial charge in [0.2, 0.25) is 5.95 Å². The molecule has 0 amide bonds. The van der Waals surface area contributed by atoms with Gasteiger partial charge in [-0.3, -0.25) is 10.1 Å². The minimum absolute atomic E-state index is 0.00730. The quantitative estimate of drug-likeness (QED) is 0.635. The van der Waals surface area contributed by atoms with Crippen molar-refractivity contribution in [2.24, 2.45) is 0 Å². The van der Waals surface area contributed by atoms with Gasteiger partial charge in [-0.1, -0.05) is 11.6 Å². The second-order valence-electron chi connectivity index (χ2n) is 5.27. The number of nitrogens with zero attached hydrogens (tertiary/aromatic N) is 5. The summed E-state index contributed by atoms with van der Waals surface area (Å²) in [6, 6.07) is 6.41. The van der Waals surface area contributed by atoms with Crippen molar-refractivity contribution in [2.45, 2.75) is 6.42 Å². The van der Waals surface area contributed by atoms with Crippen LogP contribution in [0.3, 0.4) is 0 Å². The Morgan fingerprint density at radius 3 is 2.48 bits per heavy atom. The van der Waals surface area contributed by atoms with Gasteiger partial charge in [-0.25, -0.2) is 9.97 Å². The molecule has 0 saturated carbocycles. The molecular formula is C15H16ClN5O2. The van der Waals surface area contributed by atoms with Crippen molar-refractivity contribution < 1.29 is 4.92 Å². The fourth-order valence-electron chi connectivity index (χ4n) is 2.68. The van der Waals surface area contributed by atoms with Gasteiger partial charge in [0.25, 0.3) is 5.69 Å². The van der Waals surface area contributed by atoms with Crippen molar-refractivity contribution in [3.63, 3.8) is 0 Å². The molecular weight excluding hydrogens is 318 g/mol. The van der Waals surface area contributed by atoms with Gasteiger partial charge in [0.15, 0.2) is 0 Å². The summed E-state index contributed by atoms with van der Waals surface area (Å²) in [5.74, 6) is 0.726. The van der Waals surface area contributed by atoms with Crippen molar-refractivity contribution in [3.05, 3.63) is 51.8 Å². The first-order chi connectivity index (χ1) is 11.1. The number of non-ortho nitro benzene ring substituents is 1. The van der Waals surface area contributed by atoms with Crippen LogP contribution in [0.15, 0.2) is 36.7 Å². The number of rotatable bonds is 3. The van der Waals surface area contributed by atoms with Gasteiger partial charge >= 0.3 is 0 Å². The van der Waals surface area contributed by atoms with Gasteiger partial charge in [0.1, 0.15) is 0 Å². The van der Waals surface area contributed by atoms with E-state index < -0.39 is 4.92 Å². The van der Waals surface area contributed by atoms with Crippen molar-refractivity contribution >= 4 is 28.9 Å². The van der Waals surface area contributed by atoms with Crippen LogP contribution in [0.2, 0.25) is 5.02 Å². The summed E-state index contributed by atoms with van der Waals surface area (Å²) < 4.78 is 0. The summed E-state index contributed by atoms with van der Waals surface area (Å²) in [5.41, 5.74) is 0.834. The van der Waals surface area contributed by atoms with Crippen molar-refractivity contribution in [1.82, 2.24) is 9.97 Å². The number of benzene rings is 1. The minimum atomic E-state index is -0.438. The van der Waals surface area contributed by atoms with Gasteiger partial charge in [-0.2, -0.15) is 0 Å². The topological polar surface area (TPSA) is 75.4 Å². The molecule has 0 unspecified atom stereocenters. The fraction of sp³-hybridized carbons (Fsp3) is 0.333. The molecule has 1 aliphatic rings. The van der Waals surface area contributed by atoms with Crippen molar-refractivity contribution in [1.29, 1.82) is 0 Å². The highest BCUT2D eigenvalue weighted by molar-refractivity contribution is 6.33. The largest absolute Gasteiger partial charge is 0.368 e. The lowest BCUT2D eigenvalue weighted by Crippen LogP contribution is -2.31. The van der Waals surface area contributed by atoms with Crippen LogP contribution >= 0.6 is 11.6 Å². The summed E-state index contributed by atoms with van der Waals surface area (Å²) in [6.45, 7) is 3.24. The van der Waals surface area contributed by atoms with E-state index in [1.165, 1.54) is 12.1 Å². The van der Waals surface area contributed by atoms with E-state index in [0.29, 0.717) is 5.02 Å². The number of nitro groups is 1. The predicted octanol–water partition coefficient (Wildman–Crippen LogP) is 2.75. The highest BCUT2D eigenvalue weighted by Crippen LogP contribution is 2.30. The molecule has 2 heterocycles. The lowest BCUT2D eigenvalue weighted by Gasteiger charge is -2.24. The molecule has 23 heavy (non-hydrogen) atoms. The normalized spacial score (nSPS) is 15.3. The van der Waals surface area contributed by atoms with E-state index in [1.807, 2.05) is 0 Å². The summed E-state index contributed by atoms with van der Waals surface area (Å²) in [5, 5.41) is 11.2. The highest BCUT2D eigenvalue weighted by Gasteiger charge is 2.19. The molecule has 1 aliphatic heterocycles. The standard InChI is InChI=1S/C15H16ClN5O2/c16-13-11-12(21(22)23)3-4-14(13)19-7-2-8-20(10-9-19)15-17-5-1-6-18-15/h1,3-6,11H,2,7-10H2. The van der Waals surface area contributed by atoms with Crippen LogP contribution in [0.4, 0.5) is 17.3 Å². The van der Waals surface area contributed by atoms with E-state index >= 15 is 0 Å². The zero-order chi connectivity index (χ0) is 16.2. The Balaban J connectivity index is 1.74.